The maximum absolute atomic E-state index is 14.1. The molecule has 112 valence electrons. The molecule has 0 bridgehead atoms. The zero-order valence-corrected chi connectivity index (χ0v) is 12.2. The van der Waals surface area contributed by atoms with Crippen LogP contribution in [0.2, 0.25) is 0 Å². The number of benzene rings is 1. The first kappa shape index (κ1) is 15.2. The molecule has 1 aromatic carbocycles. The van der Waals surface area contributed by atoms with Crippen LogP contribution in [0.25, 0.3) is 0 Å². The summed E-state index contributed by atoms with van der Waals surface area (Å²) in [7, 11) is 4.09. The summed E-state index contributed by atoms with van der Waals surface area (Å²) in [6, 6.07) is 3.31. The van der Waals surface area contributed by atoms with Crippen LogP contribution in [0.4, 0.5) is 14.5 Å². The first-order chi connectivity index (χ1) is 9.52. The maximum atomic E-state index is 14.1. The smallest absolute Gasteiger partial charge is 0.149 e. The number of hydrogen-bond donors (Lipinski definition) is 1. The molecule has 2 rings (SSSR count). The van der Waals surface area contributed by atoms with Gasteiger partial charge >= 0.3 is 0 Å². The zero-order valence-electron chi connectivity index (χ0n) is 12.2. The molecule has 0 amide bonds. The lowest BCUT2D eigenvalue weighted by Gasteiger charge is -2.36. The van der Waals surface area contributed by atoms with E-state index in [1.54, 1.807) is 0 Å². The number of piperidine rings is 1. The zero-order chi connectivity index (χ0) is 14.7. The Morgan fingerprint density at radius 1 is 1.20 bits per heavy atom. The van der Waals surface area contributed by atoms with E-state index in [4.69, 9.17) is 5.73 Å². The van der Waals surface area contributed by atoms with E-state index in [9.17, 15) is 8.78 Å². The molecule has 1 aliphatic heterocycles. The predicted molar refractivity (Wildman–Crippen MR) is 78.0 cm³/mol. The third-order valence-corrected chi connectivity index (χ3v) is 4.02. The third kappa shape index (κ3) is 3.27. The summed E-state index contributed by atoms with van der Waals surface area (Å²) in [5.74, 6) is -0.950. The fourth-order valence-corrected chi connectivity index (χ4v) is 2.84. The van der Waals surface area contributed by atoms with Gasteiger partial charge in [-0.25, -0.2) is 8.78 Å². The Morgan fingerprint density at radius 2 is 1.75 bits per heavy atom. The van der Waals surface area contributed by atoms with Crippen molar-refractivity contribution in [2.45, 2.75) is 25.3 Å². The molecule has 1 saturated heterocycles. The fourth-order valence-electron chi connectivity index (χ4n) is 2.84. The molecule has 0 spiro atoms. The van der Waals surface area contributed by atoms with Crippen LogP contribution in [0.5, 0.6) is 0 Å². The Labute approximate surface area is 119 Å². The van der Waals surface area contributed by atoms with Gasteiger partial charge in [0.1, 0.15) is 17.3 Å². The minimum atomic E-state index is -0.475. The molecule has 3 nitrogen and oxygen atoms in total. The molecule has 5 heteroatoms. The highest BCUT2D eigenvalue weighted by Crippen LogP contribution is 2.28. The van der Waals surface area contributed by atoms with Gasteiger partial charge in [-0.2, -0.15) is 0 Å². The van der Waals surface area contributed by atoms with Crippen molar-refractivity contribution in [3.63, 3.8) is 0 Å². The number of halogens is 2. The van der Waals surface area contributed by atoms with Gasteiger partial charge in [0.05, 0.1) is 0 Å². The molecule has 1 aromatic rings. The van der Waals surface area contributed by atoms with E-state index in [2.05, 4.69) is 4.90 Å². The average molecular weight is 283 g/mol. The highest BCUT2D eigenvalue weighted by molar-refractivity contribution is 5.51. The highest BCUT2D eigenvalue weighted by atomic mass is 19.1. The minimum Gasteiger partial charge on any atom is -0.367 e. The quantitative estimate of drug-likeness (QED) is 0.917. The van der Waals surface area contributed by atoms with Gasteiger partial charge in [0.25, 0.3) is 0 Å². The van der Waals surface area contributed by atoms with Crippen LogP contribution < -0.4 is 10.6 Å². The number of nitrogens with two attached hydrogens (primary N) is 1. The molecule has 1 heterocycles. The van der Waals surface area contributed by atoms with Crippen molar-refractivity contribution in [1.82, 2.24) is 4.90 Å². The molecule has 1 fully saturated rings. The van der Waals surface area contributed by atoms with Crippen LogP contribution in [-0.4, -0.2) is 44.7 Å². The molecular formula is C15H23F2N3. The molecule has 0 radical (unpaired) electrons. The molecule has 0 unspecified atom stereocenters. The number of anilines is 1. The summed E-state index contributed by atoms with van der Waals surface area (Å²) in [5.41, 5.74) is 6.16. The largest absolute Gasteiger partial charge is 0.367 e. The molecule has 2 N–H and O–H groups in total. The topological polar surface area (TPSA) is 32.5 Å². The summed E-state index contributed by atoms with van der Waals surface area (Å²) >= 11 is 0. The third-order valence-electron chi connectivity index (χ3n) is 4.02. The summed E-state index contributed by atoms with van der Waals surface area (Å²) in [4.78, 5) is 3.99. The summed E-state index contributed by atoms with van der Waals surface area (Å²) in [6.07, 6.45) is 2.35. The van der Waals surface area contributed by atoms with Gasteiger partial charge in [0, 0.05) is 19.1 Å². The van der Waals surface area contributed by atoms with E-state index in [1.165, 1.54) is 12.1 Å². The van der Waals surface area contributed by atoms with E-state index in [-0.39, 0.29) is 5.69 Å². The van der Waals surface area contributed by atoms with E-state index in [1.807, 2.05) is 19.0 Å². The second kappa shape index (κ2) is 6.50. The standard InChI is InChI=1S/C15H23F2N3/c1-19(2)12-4-7-20(8-5-12)15-13(16)9-11(3-6-18)10-14(15)17/h9-10,12H,3-8,18H2,1-2H3. The van der Waals surface area contributed by atoms with Gasteiger partial charge < -0.3 is 15.5 Å². The van der Waals surface area contributed by atoms with Crippen LogP contribution in [0.1, 0.15) is 18.4 Å². The van der Waals surface area contributed by atoms with Gasteiger partial charge in [-0.3, -0.25) is 0 Å². The van der Waals surface area contributed by atoms with Crippen molar-refractivity contribution in [1.29, 1.82) is 0 Å². The molecule has 0 atom stereocenters. The molecular weight excluding hydrogens is 260 g/mol. The Balaban J connectivity index is 2.14. The van der Waals surface area contributed by atoms with Crippen LogP contribution in [-0.2, 0) is 6.42 Å². The second-order valence-corrected chi connectivity index (χ2v) is 5.63. The van der Waals surface area contributed by atoms with Crippen LogP contribution in [0.3, 0.4) is 0 Å². The number of nitrogens with zero attached hydrogens (tertiary/aromatic N) is 2. The van der Waals surface area contributed by atoms with Crippen molar-refractivity contribution < 1.29 is 8.78 Å². The van der Waals surface area contributed by atoms with Crippen molar-refractivity contribution in [2.24, 2.45) is 5.73 Å². The lowest BCUT2D eigenvalue weighted by Crippen LogP contribution is -2.42. The summed E-state index contributed by atoms with van der Waals surface area (Å²) < 4.78 is 28.3. The van der Waals surface area contributed by atoms with Gasteiger partial charge in [0.2, 0.25) is 0 Å². The van der Waals surface area contributed by atoms with Crippen molar-refractivity contribution in [3.8, 4) is 0 Å². The van der Waals surface area contributed by atoms with Crippen LogP contribution in [0.15, 0.2) is 12.1 Å². The van der Waals surface area contributed by atoms with Gasteiger partial charge in [-0.15, -0.1) is 0 Å². The van der Waals surface area contributed by atoms with Gasteiger partial charge in [0.15, 0.2) is 0 Å². The predicted octanol–water partition coefficient (Wildman–Crippen LogP) is 2.00. The molecule has 0 aliphatic carbocycles. The Morgan fingerprint density at radius 3 is 2.20 bits per heavy atom. The van der Waals surface area contributed by atoms with Crippen molar-refractivity contribution in [2.75, 3.05) is 38.6 Å². The van der Waals surface area contributed by atoms with E-state index >= 15 is 0 Å². The Hall–Kier alpha value is -1.20. The van der Waals surface area contributed by atoms with Gasteiger partial charge in [-0.1, -0.05) is 0 Å². The van der Waals surface area contributed by atoms with Crippen LogP contribution >= 0.6 is 0 Å². The lowest BCUT2D eigenvalue weighted by molar-refractivity contribution is 0.249. The molecule has 20 heavy (non-hydrogen) atoms. The Bertz CT molecular complexity index is 431. The lowest BCUT2D eigenvalue weighted by atomic mass is 10.0. The number of hydrogen-bond acceptors (Lipinski definition) is 3. The van der Waals surface area contributed by atoms with Crippen molar-refractivity contribution >= 4 is 5.69 Å². The first-order valence-electron chi connectivity index (χ1n) is 7.12. The minimum absolute atomic E-state index is 0.114. The summed E-state index contributed by atoms with van der Waals surface area (Å²) in [6.45, 7) is 1.77. The maximum Gasteiger partial charge on any atom is 0.149 e. The van der Waals surface area contributed by atoms with Crippen LogP contribution in [0, 0.1) is 11.6 Å². The monoisotopic (exact) mass is 283 g/mol. The Kier molecular flexibility index (Phi) is 4.94. The highest BCUT2D eigenvalue weighted by Gasteiger charge is 2.25. The van der Waals surface area contributed by atoms with E-state index in [0.29, 0.717) is 37.7 Å². The van der Waals surface area contributed by atoms with E-state index < -0.39 is 11.6 Å². The summed E-state index contributed by atoms with van der Waals surface area (Å²) in [5, 5.41) is 0. The molecule has 1 aliphatic rings. The average Bonchev–Trinajstić information content (AvgIpc) is 2.39. The second-order valence-electron chi connectivity index (χ2n) is 5.63. The number of rotatable bonds is 4. The SMILES string of the molecule is CN(C)C1CCN(c2c(F)cc(CCN)cc2F)CC1. The fraction of sp³-hybridized carbons (Fsp3) is 0.600. The first-order valence-corrected chi connectivity index (χ1v) is 7.12. The normalized spacial score (nSPS) is 17.0. The molecule has 0 saturated carbocycles. The van der Waals surface area contributed by atoms with E-state index in [0.717, 1.165) is 12.8 Å². The molecule has 0 aromatic heterocycles. The van der Waals surface area contributed by atoms with Gasteiger partial charge in [-0.05, 0) is 57.6 Å². The van der Waals surface area contributed by atoms with Crippen molar-refractivity contribution in [3.05, 3.63) is 29.3 Å².